The third-order valence-corrected chi connectivity index (χ3v) is 2.87. The van der Waals surface area contributed by atoms with Gasteiger partial charge in [-0.15, -0.1) is 0 Å². The zero-order valence-corrected chi connectivity index (χ0v) is 9.72. The van der Waals surface area contributed by atoms with Crippen molar-refractivity contribution in [2.24, 2.45) is 0 Å². The van der Waals surface area contributed by atoms with Gasteiger partial charge in [-0.1, -0.05) is 24.3 Å². The average molecular weight is 215 g/mol. The molecule has 0 saturated heterocycles. The molecule has 0 bridgehead atoms. The first-order valence-corrected chi connectivity index (χ1v) is 5.55. The third kappa shape index (κ3) is 2.34. The topological polar surface area (TPSA) is 25.2 Å². The molecule has 1 N–H and O–H groups in total. The summed E-state index contributed by atoms with van der Waals surface area (Å²) in [6.07, 6.45) is 3.61. The Balaban J connectivity index is 2.18. The van der Waals surface area contributed by atoms with Gasteiger partial charge in [0.15, 0.2) is 0 Å². The molecule has 2 rings (SSSR count). The van der Waals surface area contributed by atoms with Gasteiger partial charge in [0, 0.05) is 18.9 Å². The highest BCUT2D eigenvalue weighted by Gasteiger charge is 2.03. The number of hydrogen-bond acceptors (Lipinski definition) is 1. The van der Waals surface area contributed by atoms with Crippen molar-refractivity contribution in [2.45, 2.75) is 26.5 Å². The van der Waals surface area contributed by atoms with E-state index in [1.54, 1.807) is 6.92 Å². The lowest BCUT2D eigenvalue weighted by Gasteiger charge is -2.06. The van der Waals surface area contributed by atoms with E-state index in [0.29, 0.717) is 0 Å². The molecular weight excluding hydrogens is 198 g/mol. The van der Waals surface area contributed by atoms with Crippen LogP contribution in [0.15, 0.2) is 42.7 Å². The monoisotopic (exact) mass is 215 g/mol. The molecule has 84 valence electrons. The van der Waals surface area contributed by atoms with Crippen LogP contribution < -0.4 is 0 Å². The number of aromatic nitrogens is 1. The molecule has 16 heavy (non-hydrogen) atoms. The molecule has 1 unspecified atom stereocenters. The molecule has 2 heteroatoms. The highest BCUT2D eigenvalue weighted by atomic mass is 16.3. The molecule has 0 radical (unpaired) electrons. The van der Waals surface area contributed by atoms with Crippen molar-refractivity contribution in [1.82, 2.24) is 4.57 Å². The fourth-order valence-corrected chi connectivity index (χ4v) is 1.79. The maximum atomic E-state index is 9.44. The van der Waals surface area contributed by atoms with Crippen LogP contribution in [0.5, 0.6) is 0 Å². The second-order valence-electron chi connectivity index (χ2n) is 4.22. The Morgan fingerprint density at radius 1 is 1.25 bits per heavy atom. The summed E-state index contributed by atoms with van der Waals surface area (Å²) in [5, 5.41) is 9.44. The van der Waals surface area contributed by atoms with E-state index in [0.717, 1.165) is 12.1 Å². The molecule has 1 aromatic heterocycles. The fourth-order valence-electron chi connectivity index (χ4n) is 1.79. The van der Waals surface area contributed by atoms with Gasteiger partial charge in [-0.2, -0.15) is 0 Å². The summed E-state index contributed by atoms with van der Waals surface area (Å²) in [6.45, 7) is 4.77. The molecule has 0 amide bonds. The lowest BCUT2D eigenvalue weighted by atomic mass is 10.1. The Labute approximate surface area is 96.2 Å². The fraction of sp³-hybridized carbons (Fsp3) is 0.286. The van der Waals surface area contributed by atoms with E-state index >= 15 is 0 Å². The molecule has 2 aromatic rings. The second-order valence-corrected chi connectivity index (χ2v) is 4.22. The van der Waals surface area contributed by atoms with E-state index in [2.05, 4.69) is 35.8 Å². The van der Waals surface area contributed by atoms with Crippen LogP contribution in [0.4, 0.5) is 0 Å². The SMILES string of the molecule is Cc1ccccc1Cn1ccc(C(C)O)c1. The highest BCUT2D eigenvalue weighted by molar-refractivity contribution is 5.26. The Morgan fingerprint density at radius 3 is 2.62 bits per heavy atom. The van der Waals surface area contributed by atoms with Crippen molar-refractivity contribution in [2.75, 3.05) is 0 Å². The molecule has 0 spiro atoms. The van der Waals surface area contributed by atoms with Crippen molar-refractivity contribution in [3.8, 4) is 0 Å². The molecule has 1 aromatic carbocycles. The Hall–Kier alpha value is -1.54. The molecule has 1 heterocycles. The summed E-state index contributed by atoms with van der Waals surface area (Å²) in [6, 6.07) is 10.3. The summed E-state index contributed by atoms with van der Waals surface area (Å²) >= 11 is 0. The predicted molar refractivity (Wildman–Crippen MR) is 65.3 cm³/mol. The number of aliphatic hydroxyl groups excluding tert-OH is 1. The van der Waals surface area contributed by atoms with Gasteiger partial charge in [-0.05, 0) is 36.6 Å². The molecule has 1 atom stereocenters. The largest absolute Gasteiger partial charge is 0.389 e. The van der Waals surface area contributed by atoms with Gasteiger partial charge in [-0.3, -0.25) is 0 Å². The zero-order valence-electron chi connectivity index (χ0n) is 9.72. The predicted octanol–water partition coefficient (Wildman–Crippen LogP) is 2.90. The van der Waals surface area contributed by atoms with E-state index in [9.17, 15) is 5.11 Å². The first kappa shape index (κ1) is 11.0. The second kappa shape index (κ2) is 4.54. The summed E-state index contributed by atoms with van der Waals surface area (Å²) in [7, 11) is 0. The van der Waals surface area contributed by atoms with E-state index in [4.69, 9.17) is 0 Å². The summed E-state index contributed by atoms with van der Waals surface area (Å²) in [5.41, 5.74) is 3.58. The zero-order chi connectivity index (χ0) is 11.5. The van der Waals surface area contributed by atoms with Crippen LogP contribution in [0.1, 0.15) is 29.7 Å². The van der Waals surface area contributed by atoms with Gasteiger partial charge in [-0.25, -0.2) is 0 Å². The van der Waals surface area contributed by atoms with Crippen molar-refractivity contribution in [3.05, 3.63) is 59.4 Å². The minimum atomic E-state index is -0.391. The Bertz CT molecular complexity index is 471. The minimum absolute atomic E-state index is 0.391. The molecular formula is C14H17NO. The number of aryl methyl sites for hydroxylation is 1. The molecule has 2 nitrogen and oxygen atoms in total. The number of aliphatic hydroxyl groups is 1. The van der Waals surface area contributed by atoms with Crippen LogP contribution in [0.2, 0.25) is 0 Å². The van der Waals surface area contributed by atoms with Crippen LogP contribution in [0, 0.1) is 6.92 Å². The van der Waals surface area contributed by atoms with Gasteiger partial charge < -0.3 is 9.67 Å². The van der Waals surface area contributed by atoms with E-state index in [1.165, 1.54) is 11.1 Å². The van der Waals surface area contributed by atoms with Crippen LogP contribution >= 0.6 is 0 Å². The number of nitrogens with zero attached hydrogens (tertiary/aromatic N) is 1. The first-order valence-electron chi connectivity index (χ1n) is 5.55. The number of rotatable bonds is 3. The van der Waals surface area contributed by atoms with Gasteiger partial charge >= 0.3 is 0 Å². The standard InChI is InChI=1S/C14H17NO/c1-11-5-3-4-6-13(11)9-15-8-7-14(10-15)12(2)16/h3-8,10,12,16H,9H2,1-2H3. The van der Waals surface area contributed by atoms with Crippen molar-refractivity contribution < 1.29 is 5.11 Å². The number of hydrogen-bond donors (Lipinski definition) is 1. The number of benzene rings is 1. The lowest BCUT2D eigenvalue weighted by molar-refractivity contribution is 0.199. The van der Waals surface area contributed by atoms with E-state index in [1.807, 2.05) is 18.5 Å². The van der Waals surface area contributed by atoms with Crippen LogP contribution in [0.3, 0.4) is 0 Å². The van der Waals surface area contributed by atoms with Crippen LogP contribution in [0.25, 0.3) is 0 Å². The highest BCUT2D eigenvalue weighted by Crippen LogP contribution is 2.14. The van der Waals surface area contributed by atoms with E-state index < -0.39 is 6.10 Å². The smallest absolute Gasteiger partial charge is 0.0776 e. The third-order valence-electron chi connectivity index (χ3n) is 2.87. The molecule has 0 aliphatic carbocycles. The maximum absolute atomic E-state index is 9.44. The van der Waals surface area contributed by atoms with Crippen molar-refractivity contribution in [3.63, 3.8) is 0 Å². The molecule has 0 aliphatic heterocycles. The summed E-state index contributed by atoms with van der Waals surface area (Å²) < 4.78 is 2.10. The minimum Gasteiger partial charge on any atom is -0.389 e. The molecule has 0 fully saturated rings. The van der Waals surface area contributed by atoms with Crippen LogP contribution in [-0.4, -0.2) is 9.67 Å². The lowest BCUT2D eigenvalue weighted by Crippen LogP contribution is -1.98. The summed E-state index contributed by atoms with van der Waals surface area (Å²) in [4.78, 5) is 0. The molecule has 0 aliphatic rings. The van der Waals surface area contributed by atoms with Gasteiger partial charge in [0.1, 0.15) is 0 Å². The van der Waals surface area contributed by atoms with Gasteiger partial charge in [0.05, 0.1) is 6.10 Å². The van der Waals surface area contributed by atoms with Gasteiger partial charge in [0.2, 0.25) is 0 Å². The van der Waals surface area contributed by atoms with E-state index in [-0.39, 0.29) is 0 Å². The first-order chi connectivity index (χ1) is 7.66. The average Bonchev–Trinajstić information content (AvgIpc) is 2.70. The van der Waals surface area contributed by atoms with Crippen molar-refractivity contribution >= 4 is 0 Å². The summed E-state index contributed by atoms with van der Waals surface area (Å²) in [5.74, 6) is 0. The van der Waals surface area contributed by atoms with Crippen LogP contribution in [-0.2, 0) is 6.54 Å². The van der Waals surface area contributed by atoms with Crippen molar-refractivity contribution in [1.29, 1.82) is 0 Å². The normalized spacial score (nSPS) is 12.7. The maximum Gasteiger partial charge on any atom is 0.0776 e. The quantitative estimate of drug-likeness (QED) is 0.836. The molecule has 0 saturated carbocycles. The Kier molecular flexibility index (Phi) is 3.11. The Morgan fingerprint density at radius 2 is 2.00 bits per heavy atom. The van der Waals surface area contributed by atoms with Gasteiger partial charge in [0.25, 0.3) is 0 Å².